The quantitative estimate of drug-likeness (QED) is 0.341. The van der Waals surface area contributed by atoms with Crippen LogP contribution in [0.3, 0.4) is 0 Å². The van der Waals surface area contributed by atoms with E-state index in [4.69, 9.17) is 4.52 Å². The predicted molar refractivity (Wildman–Crippen MR) is 83.0 cm³/mol. The molecule has 0 aliphatic carbocycles. The summed E-state index contributed by atoms with van der Waals surface area (Å²) >= 11 is 0. The van der Waals surface area contributed by atoms with E-state index in [-0.39, 0.29) is 22.8 Å². The Balaban J connectivity index is 1.91. The average molecular weight is 398 g/mol. The summed E-state index contributed by atoms with van der Waals surface area (Å²) in [6.45, 7) is 0. The molecule has 0 radical (unpaired) electrons. The number of aliphatic hydroxyl groups excluding tert-OH is 1. The maximum absolute atomic E-state index is 12.5. The molecule has 3 rings (SSSR count). The number of rotatable bonds is 4. The third-order valence-electron chi connectivity index (χ3n) is 3.59. The molecule has 3 aromatic rings. The Morgan fingerprint density at radius 1 is 1.21 bits per heavy atom. The van der Waals surface area contributed by atoms with Crippen molar-refractivity contribution in [2.75, 3.05) is 0 Å². The number of phenolic OH excluding ortho intramolecular Hbond substituents is 2. The molecule has 1 atom stereocenters. The van der Waals surface area contributed by atoms with Crippen molar-refractivity contribution in [1.29, 1.82) is 0 Å². The van der Waals surface area contributed by atoms with Gasteiger partial charge in [-0.05, 0) is 12.1 Å². The Bertz CT molecular complexity index is 1040. The van der Waals surface area contributed by atoms with Crippen molar-refractivity contribution in [3.63, 3.8) is 0 Å². The number of hydrogen-bond donors (Lipinski definition) is 3. The molecule has 2 heterocycles. The van der Waals surface area contributed by atoms with Crippen LogP contribution in [0.25, 0.3) is 11.5 Å². The third kappa shape index (κ3) is 3.55. The Kier molecular flexibility index (Phi) is 4.60. The molecular weight excluding hydrogens is 389 g/mol. The number of aliphatic hydroxyl groups is 1. The lowest BCUT2D eigenvalue weighted by atomic mass is 10.1. The highest BCUT2D eigenvalue weighted by Crippen LogP contribution is 2.39. The average Bonchev–Trinajstić information content (AvgIpc) is 3.12. The van der Waals surface area contributed by atoms with E-state index in [1.54, 1.807) is 0 Å². The van der Waals surface area contributed by atoms with Crippen LogP contribution < -0.4 is 0 Å². The van der Waals surface area contributed by atoms with E-state index < -0.39 is 40.1 Å². The molecule has 0 saturated carbocycles. The lowest BCUT2D eigenvalue weighted by molar-refractivity contribution is -0.385. The van der Waals surface area contributed by atoms with E-state index in [9.17, 15) is 38.6 Å². The summed E-state index contributed by atoms with van der Waals surface area (Å²) in [7, 11) is 0. The van der Waals surface area contributed by atoms with E-state index in [0.29, 0.717) is 6.07 Å². The van der Waals surface area contributed by atoms with Crippen LogP contribution in [0, 0.1) is 10.1 Å². The molecule has 1 unspecified atom stereocenters. The fraction of sp³-hybridized carbons (Fsp3) is 0.133. The van der Waals surface area contributed by atoms with Gasteiger partial charge >= 0.3 is 11.9 Å². The highest BCUT2D eigenvalue weighted by molar-refractivity contribution is 5.67. The Morgan fingerprint density at radius 2 is 1.93 bits per heavy atom. The van der Waals surface area contributed by atoms with Crippen molar-refractivity contribution in [2.45, 2.75) is 12.3 Å². The molecular formula is C15H9F3N4O6. The van der Waals surface area contributed by atoms with Crippen molar-refractivity contribution in [1.82, 2.24) is 15.1 Å². The highest BCUT2D eigenvalue weighted by Gasteiger charge is 2.32. The van der Waals surface area contributed by atoms with Gasteiger partial charge in [-0.1, -0.05) is 11.2 Å². The summed E-state index contributed by atoms with van der Waals surface area (Å²) < 4.78 is 42.5. The second kappa shape index (κ2) is 6.77. The van der Waals surface area contributed by atoms with Gasteiger partial charge in [-0.25, -0.2) is 0 Å². The number of alkyl halides is 3. The Hall–Kier alpha value is -3.74. The molecule has 0 aliphatic heterocycles. The first-order valence-corrected chi connectivity index (χ1v) is 7.33. The molecule has 146 valence electrons. The first-order chi connectivity index (χ1) is 13.1. The first-order valence-electron chi connectivity index (χ1n) is 7.33. The minimum Gasteiger partial charge on any atom is -0.504 e. The van der Waals surface area contributed by atoms with Gasteiger partial charge in [-0.15, -0.1) is 0 Å². The Labute approximate surface area is 152 Å². The van der Waals surface area contributed by atoms with Crippen molar-refractivity contribution < 1.29 is 37.9 Å². The van der Waals surface area contributed by atoms with Gasteiger partial charge in [0.2, 0.25) is 11.6 Å². The standard InChI is InChI=1S/C15H9F3N4O6/c16-15(17,18)10-2-1-6(5-19-10)11(24)13-20-14(28-21-13)7-3-8(22(26)27)12(25)9(23)4-7/h1-5,11,23-25H. The number of nitrogens with zero attached hydrogens (tertiary/aromatic N) is 4. The number of benzene rings is 1. The summed E-state index contributed by atoms with van der Waals surface area (Å²) in [5.41, 5.74) is -2.15. The minimum atomic E-state index is -4.64. The van der Waals surface area contributed by atoms with Gasteiger partial charge in [-0.2, -0.15) is 18.2 Å². The van der Waals surface area contributed by atoms with Crippen LogP contribution in [0.1, 0.15) is 23.2 Å². The molecule has 0 aliphatic rings. The second-order valence-corrected chi connectivity index (χ2v) is 5.46. The van der Waals surface area contributed by atoms with Crippen LogP contribution in [-0.2, 0) is 6.18 Å². The first kappa shape index (κ1) is 19.0. The van der Waals surface area contributed by atoms with E-state index in [0.717, 1.165) is 24.4 Å². The lowest BCUT2D eigenvalue weighted by Crippen LogP contribution is -2.09. The van der Waals surface area contributed by atoms with E-state index in [2.05, 4.69) is 15.1 Å². The predicted octanol–water partition coefficient (Wildman–Crippen LogP) is 2.55. The number of aromatic hydroxyl groups is 2. The maximum atomic E-state index is 12.5. The van der Waals surface area contributed by atoms with Gasteiger partial charge in [0.25, 0.3) is 5.89 Å². The number of aromatic nitrogens is 3. The van der Waals surface area contributed by atoms with Crippen LogP contribution >= 0.6 is 0 Å². The fourth-order valence-electron chi connectivity index (χ4n) is 2.21. The molecule has 1 aromatic carbocycles. The monoisotopic (exact) mass is 398 g/mol. The Morgan fingerprint density at radius 3 is 2.50 bits per heavy atom. The van der Waals surface area contributed by atoms with Crippen LogP contribution in [0.15, 0.2) is 35.0 Å². The van der Waals surface area contributed by atoms with Gasteiger partial charge < -0.3 is 19.8 Å². The number of pyridine rings is 1. The molecule has 0 bridgehead atoms. The number of nitro groups is 1. The molecule has 13 heteroatoms. The molecule has 0 saturated heterocycles. The van der Waals surface area contributed by atoms with Crippen molar-refractivity contribution in [3.8, 4) is 23.0 Å². The van der Waals surface area contributed by atoms with E-state index >= 15 is 0 Å². The summed E-state index contributed by atoms with van der Waals surface area (Å²) in [5.74, 6) is -2.46. The molecule has 28 heavy (non-hydrogen) atoms. The zero-order valence-electron chi connectivity index (χ0n) is 13.5. The van der Waals surface area contributed by atoms with Gasteiger partial charge in [0.05, 0.1) is 10.5 Å². The second-order valence-electron chi connectivity index (χ2n) is 5.46. The number of nitro benzene ring substituents is 1. The zero-order valence-corrected chi connectivity index (χ0v) is 13.5. The van der Waals surface area contributed by atoms with Crippen LogP contribution in [0.4, 0.5) is 18.9 Å². The fourth-order valence-corrected chi connectivity index (χ4v) is 2.21. The highest BCUT2D eigenvalue weighted by atomic mass is 19.4. The molecule has 0 fully saturated rings. The van der Waals surface area contributed by atoms with Gasteiger partial charge in [0.15, 0.2) is 5.75 Å². The zero-order chi connectivity index (χ0) is 20.6. The van der Waals surface area contributed by atoms with Gasteiger partial charge in [-0.3, -0.25) is 15.1 Å². The maximum Gasteiger partial charge on any atom is 0.433 e. The number of halogens is 3. The normalized spacial score (nSPS) is 12.7. The summed E-state index contributed by atoms with van der Waals surface area (Å²) in [6, 6.07) is 3.43. The summed E-state index contributed by atoms with van der Waals surface area (Å²) in [6.07, 6.45) is -5.44. The van der Waals surface area contributed by atoms with Crippen molar-refractivity contribution in [3.05, 3.63) is 57.7 Å². The summed E-state index contributed by atoms with van der Waals surface area (Å²) in [4.78, 5) is 17.0. The summed E-state index contributed by atoms with van der Waals surface area (Å²) in [5, 5.41) is 43.6. The molecule has 10 nitrogen and oxygen atoms in total. The molecule has 0 spiro atoms. The van der Waals surface area contributed by atoms with Gasteiger partial charge in [0, 0.05) is 17.8 Å². The van der Waals surface area contributed by atoms with Crippen molar-refractivity contribution in [2.24, 2.45) is 0 Å². The van der Waals surface area contributed by atoms with Crippen molar-refractivity contribution >= 4 is 5.69 Å². The minimum absolute atomic E-state index is 0.0557. The van der Waals surface area contributed by atoms with E-state index in [1.807, 2.05) is 0 Å². The molecule has 3 N–H and O–H groups in total. The molecule has 0 amide bonds. The molecule has 2 aromatic heterocycles. The SMILES string of the molecule is O=[N+]([O-])c1cc(-c2nc(C(O)c3ccc(C(F)(F)F)nc3)no2)cc(O)c1O. The lowest BCUT2D eigenvalue weighted by Gasteiger charge is -2.08. The number of hydrogen-bond acceptors (Lipinski definition) is 9. The van der Waals surface area contributed by atoms with E-state index in [1.165, 1.54) is 0 Å². The van der Waals surface area contributed by atoms with Crippen LogP contribution in [0.5, 0.6) is 11.5 Å². The van der Waals surface area contributed by atoms with Crippen LogP contribution in [0.2, 0.25) is 0 Å². The van der Waals surface area contributed by atoms with Gasteiger partial charge in [0.1, 0.15) is 11.8 Å². The topological polar surface area (TPSA) is 156 Å². The number of phenols is 2. The third-order valence-corrected chi connectivity index (χ3v) is 3.59. The smallest absolute Gasteiger partial charge is 0.433 e. The largest absolute Gasteiger partial charge is 0.504 e. The van der Waals surface area contributed by atoms with Crippen LogP contribution in [-0.4, -0.2) is 35.4 Å².